The van der Waals surface area contributed by atoms with E-state index in [1.807, 2.05) is 0 Å². The molecule has 0 spiro atoms. The minimum atomic E-state index is -0.188. The fourth-order valence-electron chi connectivity index (χ4n) is 4.29. The largest absolute Gasteiger partial charge is 0.466 e. The van der Waals surface area contributed by atoms with Gasteiger partial charge in [-0.15, -0.1) is 0 Å². The molecule has 0 amide bonds. The van der Waals surface area contributed by atoms with Crippen LogP contribution < -0.4 is 0 Å². The molecule has 0 aromatic heterocycles. The maximum absolute atomic E-state index is 12.1. The number of hydrogen-bond donors (Lipinski definition) is 0. The smallest absolute Gasteiger partial charge is 0.306 e. The van der Waals surface area contributed by atoms with Gasteiger partial charge in [-0.3, -0.25) is 9.59 Å². The fourth-order valence-corrected chi connectivity index (χ4v) is 4.29. The predicted octanol–water partition coefficient (Wildman–Crippen LogP) is 8.94. The molecule has 0 rings (SSSR count). The molecule has 33 heavy (non-hydrogen) atoms. The number of esters is 2. The Hall–Kier alpha value is -1.06. The maximum Gasteiger partial charge on any atom is 0.306 e. The molecule has 1 atom stereocenters. The number of carbonyl (C=O) groups excluding carboxylic acids is 2. The van der Waals surface area contributed by atoms with Gasteiger partial charge in [-0.2, -0.15) is 0 Å². The first-order valence-corrected chi connectivity index (χ1v) is 14.4. The quantitative estimate of drug-likeness (QED) is 0.105. The van der Waals surface area contributed by atoms with Crippen LogP contribution in [0.1, 0.15) is 156 Å². The highest BCUT2D eigenvalue weighted by atomic mass is 16.5. The Balaban J connectivity index is 3.56. The molecule has 0 fully saturated rings. The maximum atomic E-state index is 12.1. The van der Waals surface area contributed by atoms with Crippen LogP contribution in [-0.2, 0) is 19.1 Å². The summed E-state index contributed by atoms with van der Waals surface area (Å²) in [6, 6.07) is 0. The van der Waals surface area contributed by atoms with E-state index >= 15 is 0 Å². The van der Waals surface area contributed by atoms with Crippen LogP contribution in [0.2, 0.25) is 0 Å². The van der Waals surface area contributed by atoms with Crippen LogP contribution >= 0.6 is 0 Å². The second-order valence-electron chi connectivity index (χ2n) is 9.74. The molecule has 0 bridgehead atoms. The van der Waals surface area contributed by atoms with Gasteiger partial charge in [-0.1, -0.05) is 111 Å². The summed E-state index contributed by atoms with van der Waals surface area (Å²) in [7, 11) is 0. The molecule has 0 heterocycles. The summed E-state index contributed by atoms with van der Waals surface area (Å²) < 4.78 is 10.9. The number of hydrogen-bond acceptors (Lipinski definition) is 4. The summed E-state index contributed by atoms with van der Waals surface area (Å²) in [6.45, 7) is 9.28. The van der Waals surface area contributed by atoms with E-state index < -0.39 is 0 Å². The first-order valence-electron chi connectivity index (χ1n) is 14.4. The van der Waals surface area contributed by atoms with Crippen molar-refractivity contribution in [3.05, 3.63) is 0 Å². The highest BCUT2D eigenvalue weighted by molar-refractivity contribution is 5.72. The van der Waals surface area contributed by atoms with Crippen molar-refractivity contribution in [2.45, 2.75) is 162 Å². The van der Waals surface area contributed by atoms with Gasteiger partial charge in [0, 0.05) is 12.8 Å². The zero-order chi connectivity index (χ0) is 24.6. The topological polar surface area (TPSA) is 52.6 Å². The Morgan fingerprint density at radius 2 is 1.09 bits per heavy atom. The van der Waals surface area contributed by atoms with Gasteiger partial charge in [-0.05, 0) is 38.0 Å². The van der Waals surface area contributed by atoms with Crippen LogP contribution in [-0.4, -0.2) is 24.6 Å². The number of rotatable bonds is 24. The van der Waals surface area contributed by atoms with Crippen molar-refractivity contribution >= 4 is 11.9 Å². The van der Waals surface area contributed by atoms with E-state index in [2.05, 4.69) is 27.7 Å². The van der Waals surface area contributed by atoms with E-state index in [9.17, 15) is 9.59 Å². The third-order valence-corrected chi connectivity index (χ3v) is 6.83. The third kappa shape index (κ3) is 21.2. The summed E-state index contributed by atoms with van der Waals surface area (Å²) in [5.41, 5.74) is 0. The molecule has 0 aromatic carbocycles. The molecule has 0 aromatic rings. The minimum Gasteiger partial charge on any atom is -0.466 e. The molecular formula is C29H56O4. The molecule has 0 aliphatic heterocycles. The van der Waals surface area contributed by atoms with Crippen molar-refractivity contribution in [1.29, 1.82) is 0 Å². The van der Waals surface area contributed by atoms with Crippen molar-refractivity contribution in [2.24, 2.45) is 5.92 Å². The van der Waals surface area contributed by atoms with Crippen LogP contribution in [0.25, 0.3) is 0 Å². The van der Waals surface area contributed by atoms with Crippen LogP contribution in [0.5, 0.6) is 0 Å². The lowest BCUT2D eigenvalue weighted by atomic mass is 9.95. The van der Waals surface area contributed by atoms with E-state index in [1.165, 1.54) is 77.0 Å². The van der Waals surface area contributed by atoms with Gasteiger partial charge >= 0.3 is 11.9 Å². The van der Waals surface area contributed by atoms with Gasteiger partial charge in [0.1, 0.15) is 6.10 Å². The molecular weight excluding hydrogens is 412 g/mol. The first-order chi connectivity index (χ1) is 16.1. The zero-order valence-electron chi connectivity index (χ0n) is 22.6. The first kappa shape index (κ1) is 31.9. The number of unbranched alkanes of at least 4 members (excludes halogenated alkanes) is 11. The summed E-state index contributed by atoms with van der Waals surface area (Å²) in [5, 5.41) is 0. The Labute approximate surface area is 206 Å². The summed E-state index contributed by atoms with van der Waals surface area (Å²) in [5.74, 6) is 0.351. The molecule has 0 aliphatic carbocycles. The van der Waals surface area contributed by atoms with Crippen molar-refractivity contribution < 1.29 is 19.1 Å². The summed E-state index contributed by atoms with van der Waals surface area (Å²) in [4.78, 5) is 24.0. The second kappa shape index (κ2) is 24.1. The highest BCUT2D eigenvalue weighted by Gasteiger charge is 2.15. The SMILES string of the molecule is CCCCCCCCCCCCCCOC(=O)CCCC(=O)OC(CC)CCC(CC)CC. The molecule has 0 N–H and O–H groups in total. The van der Waals surface area contributed by atoms with Crippen molar-refractivity contribution in [2.75, 3.05) is 6.61 Å². The predicted molar refractivity (Wildman–Crippen MR) is 139 cm³/mol. The average molecular weight is 469 g/mol. The van der Waals surface area contributed by atoms with E-state index in [0.717, 1.165) is 38.0 Å². The lowest BCUT2D eigenvalue weighted by molar-refractivity contribution is -0.150. The van der Waals surface area contributed by atoms with Crippen molar-refractivity contribution in [3.8, 4) is 0 Å². The van der Waals surface area contributed by atoms with Gasteiger partial charge in [-0.25, -0.2) is 0 Å². The fraction of sp³-hybridized carbons (Fsp3) is 0.931. The molecule has 1 unspecified atom stereocenters. The molecule has 4 nitrogen and oxygen atoms in total. The molecule has 4 heteroatoms. The van der Waals surface area contributed by atoms with Crippen LogP contribution in [0.3, 0.4) is 0 Å². The summed E-state index contributed by atoms with van der Waals surface area (Å²) in [6.07, 6.45) is 22.0. The molecule has 0 aliphatic rings. The number of carbonyl (C=O) groups is 2. The van der Waals surface area contributed by atoms with Gasteiger partial charge in [0.2, 0.25) is 0 Å². The van der Waals surface area contributed by atoms with Crippen LogP contribution in [0.15, 0.2) is 0 Å². The van der Waals surface area contributed by atoms with E-state index in [0.29, 0.717) is 25.9 Å². The Bertz CT molecular complexity index is 445. The van der Waals surface area contributed by atoms with Crippen molar-refractivity contribution in [1.82, 2.24) is 0 Å². The third-order valence-electron chi connectivity index (χ3n) is 6.83. The Morgan fingerprint density at radius 1 is 0.576 bits per heavy atom. The molecule has 0 saturated carbocycles. The molecule has 0 radical (unpaired) electrons. The molecule has 196 valence electrons. The van der Waals surface area contributed by atoms with Gasteiger partial charge in [0.05, 0.1) is 6.61 Å². The lowest BCUT2D eigenvalue weighted by Gasteiger charge is -2.19. The average Bonchev–Trinajstić information content (AvgIpc) is 2.81. The van der Waals surface area contributed by atoms with Crippen LogP contribution in [0.4, 0.5) is 0 Å². The van der Waals surface area contributed by atoms with E-state index in [4.69, 9.17) is 9.47 Å². The Morgan fingerprint density at radius 3 is 1.61 bits per heavy atom. The van der Waals surface area contributed by atoms with Gasteiger partial charge in [0.15, 0.2) is 0 Å². The number of ether oxygens (including phenoxy) is 2. The summed E-state index contributed by atoms with van der Waals surface area (Å²) >= 11 is 0. The lowest BCUT2D eigenvalue weighted by Crippen LogP contribution is -2.19. The van der Waals surface area contributed by atoms with Crippen molar-refractivity contribution in [3.63, 3.8) is 0 Å². The minimum absolute atomic E-state index is 0.0100. The molecule has 0 saturated heterocycles. The zero-order valence-corrected chi connectivity index (χ0v) is 22.6. The highest BCUT2D eigenvalue weighted by Crippen LogP contribution is 2.19. The Kier molecular flexibility index (Phi) is 23.3. The van der Waals surface area contributed by atoms with E-state index in [1.54, 1.807) is 0 Å². The normalized spacial score (nSPS) is 12.2. The van der Waals surface area contributed by atoms with Gasteiger partial charge < -0.3 is 9.47 Å². The monoisotopic (exact) mass is 468 g/mol. The standard InChI is InChI=1S/C29H56O4/c1-5-9-10-11-12-13-14-15-16-17-18-19-25-32-28(30)21-20-22-29(31)33-27(8-4)24-23-26(6-2)7-3/h26-27H,5-25H2,1-4H3. The van der Waals surface area contributed by atoms with Gasteiger partial charge in [0.25, 0.3) is 0 Å². The second-order valence-corrected chi connectivity index (χ2v) is 9.74. The van der Waals surface area contributed by atoms with E-state index in [-0.39, 0.29) is 18.0 Å². The van der Waals surface area contributed by atoms with Crippen LogP contribution in [0, 0.1) is 5.92 Å².